The molecule has 4 heteroatoms. The summed E-state index contributed by atoms with van der Waals surface area (Å²) < 4.78 is 0. The van der Waals surface area contributed by atoms with Crippen LogP contribution in [0.25, 0.3) is 0 Å². The van der Waals surface area contributed by atoms with E-state index in [9.17, 15) is 9.59 Å². The van der Waals surface area contributed by atoms with Gasteiger partial charge in [-0.25, -0.2) is 0 Å². The molecule has 0 aliphatic heterocycles. The molecule has 0 aromatic rings. The Kier molecular flexibility index (Phi) is 5.97. The van der Waals surface area contributed by atoms with E-state index in [0.29, 0.717) is 6.54 Å². The van der Waals surface area contributed by atoms with Gasteiger partial charge in [0.2, 0.25) is 11.8 Å². The summed E-state index contributed by atoms with van der Waals surface area (Å²) in [5.41, 5.74) is 0. The van der Waals surface area contributed by atoms with Gasteiger partial charge in [0, 0.05) is 26.6 Å². The highest BCUT2D eigenvalue weighted by Gasteiger charge is 2.19. The molecule has 0 bridgehead atoms. The fourth-order valence-corrected chi connectivity index (χ4v) is 1.21. The van der Waals surface area contributed by atoms with E-state index in [0.717, 1.165) is 6.42 Å². The van der Waals surface area contributed by atoms with Crippen LogP contribution in [0.15, 0.2) is 0 Å². The number of carbonyl (C=O) groups is 2. The topological polar surface area (TPSA) is 40.6 Å². The fraction of sp³-hybridized carbons (Fsp3) is 0.818. The maximum Gasteiger partial charge on any atom is 0.241 e. The van der Waals surface area contributed by atoms with Crippen molar-refractivity contribution in [3.8, 4) is 0 Å². The van der Waals surface area contributed by atoms with Crippen LogP contribution in [0.1, 0.15) is 27.2 Å². The van der Waals surface area contributed by atoms with Crippen molar-refractivity contribution in [3.63, 3.8) is 0 Å². The smallest absolute Gasteiger partial charge is 0.241 e. The second kappa shape index (κ2) is 6.43. The Morgan fingerprint density at radius 3 is 2.07 bits per heavy atom. The van der Waals surface area contributed by atoms with Gasteiger partial charge in [-0.05, 0) is 6.42 Å². The minimum absolute atomic E-state index is 0.0301. The fourth-order valence-electron chi connectivity index (χ4n) is 1.21. The molecule has 0 rings (SSSR count). The zero-order valence-electron chi connectivity index (χ0n) is 10.4. The number of nitrogens with zero attached hydrogens (tertiary/aromatic N) is 2. The molecule has 15 heavy (non-hydrogen) atoms. The first-order valence-electron chi connectivity index (χ1n) is 5.39. The van der Waals surface area contributed by atoms with Crippen molar-refractivity contribution < 1.29 is 9.59 Å². The first-order valence-corrected chi connectivity index (χ1v) is 5.39. The van der Waals surface area contributed by atoms with Crippen LogP contribution in [0, 0.1) is 5.92 Å². The zero-order valence-corrected chi connectivity index (χ0v) is 10.4. The van der Waals surface area contributed by atoms with E-state index >= 15 is 0 Å². The van der Waals surface area contributed by atoms with Crippen LogP contribution in [0.5, 0.6) is 0 Å². The third-order valence-corrected chi connectivity index (χ3v) is 2.12. The molecule has 0 saturated carbocycles. The first kappa shape index (κ1) is 13.9. The van der Waals surface area contributed by atoms with E-state index in [2.05, 4.69) is 0 Å². The second-order valence-electron chi connectivity index (χ2n) is 4.20. The van der Waals surface area contributed by atoms with Crippen LogP contribution >= 0.6 is 0 Å². The van der Waals surface area contributed by atoms with E-state index in [1.165, 1.54) is 4.90 Å². The Morgan fingerprint density at radius 2 is 1.73 bits per heavy atom. The molecule has 0 saturated heterocycles. The molecule has 0 unspecified atom stereocenters. The summed E-state index contributed by atoms with van der Waals surface area (Å²) >= 11 is 0. The average molecular weight is 214 g/mol. The van der Waals surface area contributed by atoms with E-state index in [1.54, 1.807) is 19.0 Å². The molecule has 0 N–H and O–H groups in total. The van der Waals surface area contributed by atoms with Gasteiger partial charge in [0.25, 0.3) is 0 Å². The van der Waals surface area contributed by atoms with Crippen LogP contribution in [-0.2, 0) is 9.59 Å². The molecule has 0 aromatic heterocycles. The maximum absolute atomic E-state index is 11.7. The molecule has 0 spiro atoms. The van der Waals surface area contributed by atoms with E-state index < -0.39 is 0 Å². The van der Waals surface area contributed by atoms with Crippen molar-refractivity contribution in [2.24, 2.45) is 5.92 Å². The van der Waals surface area contributed by atoms with Crippen LogP contribution in [0.4, 0.5) is 0 Å². The molecular weight excluding hydrogens is 192 g/mol. The summed E-state index contributed by atoms with van der Waals surface area (Å²) in [6, 6.07) is 0. The summed E-state index contributed by atoms with van der Waals surface area (Å²) in [5.74, 6) is -0.0315. The average Bonchev–Trinajstić information content (AvgIpc) is 2.15. The summed E-state index contributed by atoms with van der Waals surface area (Å²) in [6.45, 7) is 6.55. The molecule has 0 heterocycles. The standard InChI is InChI=1S/C11H22N2O2/c1-6-7-13(11(15)9(2)3)8-10(14)12(4)5/h9H,6-8H2,1-5H3. The lowest BCUT2D eigenvalue weighted by Crippen LogP contribution is -2.42. The largest absolute Gasteiger partial charge is 0.347 e. The third kappa shape index (κ3) is 4.81. The molecule has 0 aliphatic carbocycles. The van der Waals surface area contributed by atoms with Crippen LogP contribution in [0.3, 0.4) is 0 Å². The zero-order chi connectivity index (χ0) is 12.0. The van der Waals surface area contributed by atoms with E-state index in [1.807, 2.05) is 20.8 Å². The highest BCUT2D eigenvalue weighted by atomic mass is 16.2. The van der Waals surface area contributed by atoms with Crippen molar-refractivity contribution in [3.05, 3.63) is 0 Å². The number of carbonyl (C=O) groups excluding carboxylic acids is 2. The number of rotatable bonds is 5. The number of hydrogen-bond acceptors (Lipinski definition) is 2. The minimum Gasteiger partial charge on any atom is -0.347 e. The van der Waals surface area contributed by atoms with Gasteiger partial charge in [0.05, 0.1) is 6.54 Å². The Balaban J connectivity index is 4.40. The summed E-state index contributed by atoms with van der Waals surface area (Å²) in [6.07, 6.45) is 0.874. The maximum atomic E-state index is 11.7. The van der Waals surface area contributed by atoms with Crippen LogP contribution in [-0.4, -0.2) is 48.8 Å². The van der Waals surface area contributed by atoms with E-state index in [4.69, 9.17) is 0 Å². The molecule has 2 amide bonds. The summed E-state index contributed by atoms with van der Waals surface area (Å²) in [5, 5.41) is 0. The van der Waals surface area contributed by atoms with Gasteiger partial charge in [-0.15, -0.1) is 0 Å². The lowest BCUT2D eigenvalue weighted by Gasteiger charge is -2.24. The van der Waals surface area contributed by atoms with Crippen molar-refractivity contribution in [2.75, 3.05) is 27.2 Å². The number of likely N-dealkylation sites (N-methyl/N-ethyl adjacent to an activating group) is 1. The Hall–Kier alpha value is -1.06. The molecule has 0 fully saturated rings. The van der Waals surface area contributed by atoms with Crippen molar-refractivity contribution in [1.29, 1.82) is 0 Å². The lowest BCUT2D eigenvalue weighted by molar-refractivity contribution is -0.141. The monoisotopic (exact) mass is 214 g/mol. The SMILES string of the molecule is CCCN(CC(=O)N(C)C)C(=O)C(C)C. The molecule has 0 aliphatic rings. The molecule has 4 nitrogen and oxygen atoms in total. The van der Waals surface area contributed by atoms with Gasteiger partial charge in [-0.3, -0.25) is 9.59 Å². The third-order valence-electron chi connectivity index (χ3n) is 2.12. The predicted octanol–water partition coefficient (Wildman–Crippen LogP) is 0.969. The summed E-state index contributed by atoms with van der Waals surface area (Å²) in [7, 11) is 3.40. The Morgan fingerprint density at radius 1 is 1.20 bits per heavy atom. The Bertz CT molecular complexity index is 225. The van der Waals surface area contributed by atoms with Crippen molar-refractivity contribution >= 4 is 11.8 Å². The molecular formula is C11H22N2O2. The molecule has 0 aromatic carbocycles. The number of hydrogen-bond donors (Lipinski definition) is 0. The molecule has 0 radical (unpaired) electrons. The highest BCUT2D eigenvalue weighted by Crippen LogP contribution is 2.03. The Labute approximate surface area is 92.2 Å². The first-order chi connectivity index (χ1) is 6.90. The summed E-state index contributed by atoms with van der Waals surface area (Å²) in [4.78, 5) is 26.4. The van der Waals surface area contributed by atoms with Gasteiger partial charge in [0.1, 0.15) is 0 Å². The molecule has 0 atom stereocenters. The molecule has 88 valence electrons. The van der Waals surface area contributed by atoms with Crippen molar-refractivity contribution in [1.82, 2.24) is 9.80 Å². The minimum atomic E-state index is -0.0495. The lowest BCUT2D eigenvalue weighted by atomic mass is 10.2. The highest BCUT2D eigenvalue weighted by molar-refractivity contribution is 5.85. The second-order valence-corrected chi connectivity index (χ2v) is 4.20. The number of amides is 2. The normalized spacial score (nSPS) is 10.3. The van der Waals surface area contributed by atoms with Gasteiger partial charge < -0.3 is 9.80 Å². The predicted molar refractivity (Wildman–Crippen MR) is 60.4 cm³/mol. The van der Waals surface area contributed by atoms with E-state index in [-0.39, 0.29) is 24.3 Å². The van der Waals surface area contributed by atoms with Gasteiger partial charge >= 0.3 is 0 Å². The van der Waals surface area contributed by atoms with Crippen LogP contribution in [0.2, 0.25) is 0 Å². The van der Waals surface area contributed by atoms with Crippen molar-refractivity contribution in [2.45, 2.75) is 27.2 Å². The van der Waals surface area contributed by atoms with Gasteiger partial charge in [0.15, 0.2) is 0 Å². The quantitative estimate of drug-likeness (QED) is 0.684. The van der Waals surface area contributed by atoms with Gasteiger partial charge in [-0.2, -0.15) is 0 Å². The van der Waals surface area contributed by atoms with Crippen LogP contribution < -0.4 is 0 Å². The van der Waals surface area contributed by atoms with Gasteiger partial charge in [-0.1, -0.05) is 20.8 Å².